The van der Waals surface area contributed by atoms with E-state index >= 15 is 0 Å². The first-order valence-corrected chi connectivity index (χ1v) is 3.19. The van der Waals surface area contributed by atoms with Gasteiger partial charge in [-0.05, 0) is 5.56 Å². The summed E-state index contributed by atoms with van der Waals surface area (Å²) >= 11 is 0. The second-order valence-corrected chi connectivity index (χ2v) is 1.83. The quantitative estimate of drug-likeness (QED) is 0.508. The normalized spacial score (nSPS) is 10.5. The Labute approximate surface area is 86.8 Å². The molecular formula is C8H8F3LiO. The van der Waals surface area contributed by atoms with Crippen LogP contribution >= 0.6 is 0 Å². The predicted octanol–water partition coefficient (Wildman–Crippen LogP) is -1.10. The SMILES string of the molecule is FCF.[Li+].[O-]C(F)c1ccccc1. The van der Waals surface area contributed by atoms with Crippen molar-refractivity contribution >= 4 is 0 Å². The van der Waals surface area contributed by atoms with Crippen molar-refractivity contribution in [2.75, 3.05) is 6.93 Å². The van der Waals surface area contributed by atoms with Crippen molar-refractivity contribution in [1.82, 2.24) is 0 Å². The second kappa shape index (κ2) is 9.65. The maximum absolute atomic E-state index is 11.9. The molecule has 0 spiro atoms. The summed E-state index contributed by atoms with van der Waals surface area (Å²) in [7, 11) is 0. The van der Waals surface area contributed by atoms with E-state index in [4.69, 9.17) is 0 Å². The summed E-state index contributed by atoms with van der Waals surface area (Å²) in [6, 6.07) is 7.96. The zero-order valence-electron chi connectivity index (χ0n) is 7.21. The molecule has 5 heteroatoms. The largest absolute Gasteiger partial charge is 1.00 e. The molecule has 1 rings (SSSR count). The number of hydrogen-bond acceptors (Lipinski definition) is 1. The van der Waals surface area contributed by atoms with Crippen LogP contribution in [0.4, 0.5) is 13.2 Å². The molecule has 1 nitrogen and oxygen atoms in total. The minimum atomic E-state index is -2.09. The summed E-state index contributed by atoms with van der Waals surface area (Å²) in [4.78, 5) is 0. The van der Waals surface area contributed by atoms with E-state index < -0.39 is 13.3 Å². The van der Waals surface area contributed by atoms with E-state index in [2.05, 4.69) is 0 Å². The van der Waals surface area contributed by atoms with E-state index in [0.29, 0.717) is 0 Å². The maximum atomic E-state index is 11.9. The number of rotatable bonds is 1. The topological polar surface area (TPSA) is 23.1 Å². The number of benzene rings is 1. The van der Waals surface area contributed by atoms with Crippen LogP contribution in [0.15, 0.2) is 30.3 Å². The smallest absolute Gasteiger partial charge is 0.823 e. The monoisotopic (exact) mass is 184 g/mol. The molecule has 1 aromatic rings. The zero-order valence-corrected chi connectivity index (χ0v) is 7.21. The molecule has 1 atom stereocenters. The maximum Gasteiger partial charge on any atom is 1.00 e. The standard InChI is InChI=1S/C7H6FO.CH2F2.Li/c8-7(9)6-4-2-1-3-5-6;2-1-3;/h1-5,7H;1H2;/q-1;;+1. The molecule has 0 saturated heterocycles. The Morgan fingerprint density at radius 3 is 1.77 bits per heavy atom. The third kappa shape index (κ3) is 7.91. The molecule has 0 amide bonds. The van der Waals surface area contributed by atoms with Crippen molar-refractivity contribution in [3.05, 3.63) is 35.9 Å². The molecule has 0 aliphatic rings. The Hall–Kier alpha value is -0.433. The first-order chi connectivity index (χ1) is 5.72. The fourth-order valence-corrected chi connectivity index (χ4v) is 0.604. The molecule has 1 unspecified atom stereocenters. The van der Waals surface area contributed by atoms with Crippen LogP contribution in [0.3, 0.4) is 0 Å². The summed E-state index contributed by atoms with van der Waals surface area (Å²) in [6.07, 6.45) is -2.09. The van der Waals surface area contributed by atoms with Gasteiger partial charge in [-0.2, -0.15) is 0 Å². The van der Waals surface area contributed by atoms with Crippen LogP contribution in [-0.2, 0) is 0 Å². The zero-order chi connectivity index (χ0) is 9.40. The van der Waals surface area contributed by atoms with Gasteiger partial charge in [-0.1, -0.05) is 30.3 Å². The van der Waals surface area contributed by atoms with Gasteiger partial charge in [0.2, 0.25) is 6.93 Å². The third-order valence-corrected chi connectivity index (χ3v) is 1.06. The van der Waals surface area contributed by atoms with E-state index in [9.17, 15) is 18.3 Å². The summed E-state index contributed by atoms with van der Waals surface area (Å²) in [5.74, 6) is 0. The fraction of sp³-hybridized carbons (Fsp3) is 0.250. The van der Waals surface area contributed by atoms with Crippen molar-refractivity contribution in [3.63, 3.8) is 0 Å². The number of halogens is 3. The molecule has 1 aromatic carbocycles. The van der Waals surface area contributed by atoms with E-state index in [1.54, 1.807) is 18.2 Å². The Balaban J connectivity index is 0. The number of alkyl halides is 3. The Morgan fingerprint density at radius 1 is 1.15 bits per heavy atom. The third-order valence-electron chi connectivity index (χ3n) is 1.06. The van der Waals surface area contributed by atoms with Crippen molar-refractivity contribution in [2.24, 2.45) is 0 Å². The Bertz CT molecular complexity index is 194. The fourth-order valence-electron chi connectivity index (χ4n) is 0.604. The molecule has 0 aliphatic carbocycles. The van der Waals surface area contributed by atoms with E-state index in [1.165, 1.54) is 12.1 Å². The van der Waals surface area contributed by atoms with Gasteiger partial charge in [0.1, 0.15) is 0 Å². The summed E-state index contributed by atoms with van der Waals surface area (Å²) < 4.78 is 31.1. The minimum Gasteiger partial charge on any atom is -0.823 e. The molecule has 0 aromatic heterocycles. The van der Waals surface area contributed by atoms with E-state index in [0.717, 1.165) is 0 Å². The summed E-state index contributed by atoms with van der Waals surface area (Å²) in [5, 5.41) is 10.1. The van der Waals surface area contributed by atoms with Crippen molar-refractivity contribution in [3.8, 4) is 0 Å². The van der Waals surface area contributed by atoms with Crippen LogP contribution in [0.2, 0.25) is 0 Å². The molecule has 0 fully saturated rings. The van der Waals surface area contributed by atoms with E-state index in [-0.39, 0.29) is 24.4 Å². The molecule has 68 valence electrons. The van der Waals surface area contributed by atoms with Gasteiger partial charge in [0, 0.05) is 0 Å². The van der Waals surface area contributed by atoms with Crippen molar-refractivity contribution < 1.29 is 37.1 Å². The molecule has 0 aliphatic heterocycles. The minimum absolute atomic E-state index is 0. The van der Waals surface area contributed by atoms with Crippen LogP contribution in [0.1, 0.15) is 11.9 Å². The van der Waals surface area contributed by atoms with Crippen molar-refractivity contribution in [2.45, 2.75) is 6.36 Å². The van der Waals surface area contributed by atoms with Gasteiger partial charge in [0.25, 0.3) is 0 Å². The first kappa shape index (κ1) is 15.1. The van der Waals surface area contributed by atoms with Gasteiger partial charge >= 0.3 is 18.9 Å². The van der Waals surface area contributed by atoms with Gasteiger partial charge < -0.3 is 5.11 Å². The number of hydrogen-bond donors (Lipinski definition) is 0. The van der Waals surface area contributed by atoms with Crippen LogP contribution in [0.25, 0.3) is 0 Å². The van der Waals surface area contributed by atoms with Gasteiger partial charge in [-0.25, -0.2) is 8.78 Å². The van der Waals surface area contributed by atoms with Crippen LogP contribution in [-0.4, -0.2) is 6.93 Å². The van der Waals surface area contributed by atoms with E-state index in [1.807, 2.05) is 0 Å². The van der Waals surface area contributed by atoms with Crippen LogP contribution in [0, 0.1) is 0 Å². The van der Waals surface area contributed by atoms with Gasteiger partial charge in [0.15, 0.2) is 0 Å². The molecular weight excluding hydrogens is 176 g/mol. The Kier molecular flexibility index (Phi) is 11.2. The predicted molar refractivity (Wildman–Crippen MR) is 37.4 cm³/mol. The summed E-state index contributed by atoms with van der Waals surface area (Å²) in [5.41, 5.74) is 0.192. The Morgan fingerprint density at radius 2 is 1.54 bits per heavy atom. The molecule has 0 N–H and O–H groups in total. The second-order valence-electron chi connectivity index (χ2n) is 1.83. The van der Waals surface area contributed by atoms with Crippen molar-refractivity contribution in [1.29, 1.82) is 0 Å². The van der Waals surface area contributed by atoms with Gasteiger partial charge in [0.05, 0.1) is 6.36 Å². The van der Waals surface area contributed by atoms with Crippen LogP contribution in [0.5, 0.6) is 0 Å². The molecule has 0 bridgehead atoms. The average Bonchev–Trinajstić information content (AvgIpc) is 2.07. The van der Waals surface area contributed by atoms with Gasteiger partial charge in [-0.15, -0.1) is 0 Å². The first-order valence-electron chi connectivity index (χ1n) is 3.19. The van der Waals surface area contributed by atoms with Crippen LogP contribution < -0.4 is 24.0 Å². The molecule has 0 radical (unpaired) electrons. The molecule has 13 heavy (non-hydrogen) atoms. The molecule has 0 heterocycles. The van der Waals surface area contributed by atoms with Gasteiger partial charge in [-0.3, -0.25) is 4.39 Å². The average molecular weight is 184 g/mol. The molecule has 0 saturated carbocycles. The summed E-state index contributed by atoms with van der Waals surface area (Å²) in [6.45, 7) is -1.75.